The van der Waals surface area contributed by atoms with E-state index in [1.165, 1.54) is 12.1 Å². The fourth-order valence-electron chi connectivity index (χ4n) is 1.35. The third kappa shape index (κ3) is 3.31. The Labute approximate surface area is 98.4 Å². The summed E-state index contributed by atoms with van der Waals surface area (Å²) < 4.78 is 0. The van der Waals surface area contributed by atoms with Gasteiger partial charge in [0.05, 0.1) is 10.8 Å². The zero-order valence-corrected chi connectivity index (χ0v) is 9.61. The molecule has 4 nitrogen and oxygen atoms in total. The average Bonchev–Trinajstić information content (AvgIpc) is 2.28. The number of nitro groups is 1. The van der Waals surface area contributed by atoms with E-state index in [9.17, 15) is 14.9 Å². The van der Waals surface area contributed by atoms with Gasteiger partial charge in [0.25, 0.3) is 5.69 Å². The van der Waals surface area contributed by atoms with Crippen molar-refractivity contribution in [1.82, 2.24) is 0 Å². The molecule has 0 aliphatic carbocycles. The lowest BCUT2D eigenvalue weighted by molar-refractivity contribution is -0.384. The number of rotatable bonds is 5. The Morgan fingerprint density at radius 1 is 1.44 bits per heavy atom. The van der Waals surface area contributed by atoms with Gasteiger partial charge in [-0.15, -0.1) is 11.6 Å². The number of ketones is 1. The smallest absolute Gasteiger partial charge is 0.269 e. The first-order valence-electron chi connectivity index (χ1n) is 4.86. The third-order valence-corrected chi connectivity index (χ3v) is 2.63. The van der Waals surface area contributed by atoms with Gasteiger partial charge in [-0.05, 0) is 12.0 Å². The van der Waals surface area contributed by atoms with Crippen molar-refractivity contribution in [3.63, 3.8) is 0 Å². The third-order valence-electron chi connectivity index (χ3n) is 2.37. The molecule has 0 bridgehead atoms. The SMILES string of the molecule is C[C@@H](Cc1ccc([N+](=O)[O-])cc1)C(=O)CCl. The quantitative estimate of drug-likeness (QED) is 0.452. The molecule has 0 fully saturated rings. The summed E-state index contributed by atoms with van der Waals surface area (Å²) in [5.41, 5.74) is 0.955. The first-order chi connectivity index (χ1) is 7.54. The zero-order valence-electron chi connectivity index (χ0n) is 8.85. The van der Waals surface area contributed by atoms with Crippen LogP contribution >= 0.6 is 11.6 Å². The molecular weight excluding hydrogens is 230 g/mol. The number of nitrogens with zero attached hydrogens (tertiary/aromatic N) is 1. The van der Waals surface area contributed by atoms with E-state index in [1.807, 2.05) is 0 Å². The first kappa shape index (κ1) is 12.6. The van der Waals surface area contributed by atoms with Gasteiger partial charge in [-0.2, -0.15) is 0 Å². The number of non-ortho nitro benzene ring substituents is 1. The minimum atomic E-state index is -0.447. The number of carbonyl (C=O) groups is 1. The molecule has 1 rings (SSSR count). The molecular formula is C11H12ClNO3. The summed E-state index contributed by atoms with van der Waals surface area (Å²) in [5.74, 6) is -0.160. The maximum absolute atomic E-state index is 11.3. The molecule has 1 aromatic carbocycles. The monoisotopic (exact) mass is 241 g/mol. The number of halogens is 1. The molecule has 0 saturated heterocycles. The van der Waals surface area contributed by atoms with Crippen LogP contribution in [0, 0.1) is 16.0 Å². The molecule has 0 saturated carbocycles. The molecule has 16 heavy (non-hydrogen) atoms. The van der Waals surface area contributed by atoms with Crippen molar-refractivity contribution >= 4 is 23.1 Å². The lowest BCUT2D eigenvalue weighted by Crippen LogP contribution is -2.14. The van der Waals surface area contributed by atoms with E-state index in [1.54, 1.807) is 19.1 Å². The van der Waals surface area contributed by atoms with Gasteiger partial charge in [-0.1, -0.05) is 19.1 Å². The molecule has 0 N–H and O–H groups in total. The van der Waals surface area contributed by atoms with Crippen LogP contribution in [0.3, 0.4) is 0 Å². The summed E-state index contributed by atoms with van der Waals surface area (Å²) in [6.45, 7) is 1.80. The van der Waals surface area contributed by atoms with E-state index in [4.69, 9.17) is 11.6 Å². The molecule has 0 aliphatic rings. The van der Waals surface area contributed by atoms with Crippen molar-refractivity contribution in [1.29, 1.82) is 0 Å². The van der Waals surface area contributed by atoms with E-state index in [0.717, 1.165) is 5.56 Å². The summed E-state index contributed by atoms with van der Waals surface area (Å²) in [5, 5.41) is 10.4. The predicted molar refractivity (Wildman–Crippen MR) is 61.7 cm³/mol. The second-order valence-electron chi connectivity index (χ2n) is 3.63. The van der Waals surface area contributed by atoms with Crippen molar-refractivity contribution in [3.05, 3.63) is 39.9 Å². The van der Waals surface area contributed by atoms with Gasteiger partial charge in [0.1, 0.15) is 0 Å². The lowest BCUT2D eigenvalue weighted by atomic mass is 9.98. The van der Waals surface area contributed by atoms with Gasteiger partial charge in [0.2, 0.25) is 0 Å². The highest BCUT2D eigenvalue weighted by atomic mass is 35.5. The second-order valence-corrected chi connectivity index (χ2v) is 3.90. The highest BCUT2D eigenvalue weighted by molar-refractivity contribution is 6.27. The topological polar surface area (TPSA) is 60.2 Å². The van der Waals surface area contributed by atoms with E-state index in [-0.39, 0.29) is 23.3 Å². The zero-order chi connectivity index (χ0) is 12.1. The largest absolute Gasteiger partial charge is 0.298 e. The number of hydrogen-bond acceptors (Lipinski definition) is 3. The summed E-state index contributed by atoms with van der Waals surface area (Å²) in [4.78, 5) is 21.2. The Morgan fingerprint density at radius 2 is 2.00 bits per heavy atom. The van der Waals surface area contributed by atoms with Gasteiger partial charge < -0.3 is 0 Å². The number of alkyl halides is 1. The Balaban J connectivity index is 2.68. The molecule has 1 atom stereocenters. The number of nitro benzene ring substituents is 1. The van der Waals surface area contributed by atoms with E-state index >= 15 is 0 Å². The highest BCUT2D eigenvalue weighted by Crippen LogP contribution is 2.15. The minimum absolute atomic E-state index is 0.00808. The number of carbonyl (C=O) groups excluding carboxylic acids is 1. The minimum Gasteiger partial charge on any atom is -0.298 e. The van der Waals surface area contributed by atoms with Gasteiger partial charge in [-0.25, -0.2) is 0 Å². The Morgan fingerprint density at radius 3 is 2.44 bits per heavy atom. The molecule has 0 amide bonds. The van der Waals surface area contributed by atoms with Gasteiger partial charge in [0.15, 0.2) is 5.78 Å². The van der Waals surface area contributed by atoms with Crippen LogP contribution in [0.2, 0.25) is 0 Å². The van der Waals surface area contributed by atoms with Crippen LogP contribution in [-0.2, 0) is 11.2 Å². The van der Waals surface area contributed by atoms with E-state index in [0.29, 0.717) is 6.42 Å². The van der Waals surface area contributed by atoms with Crippen LogP contribution in [-0.4, -0.2) is 16.6 Å². The molecule has 5 heteroatoms. The molecule has 1 aromatic rings. The van der Waals surface area contributed by atoms with Crippen LogP contribution in [0.5, 0.6) is 0 Å². The van der Waals surface area contributed by atoms with Crippen LogP contribution in [0.4, 0.5) is 5.69 Å². The van der Waals surface area contributed by atoms with Gasteiger partial charge in [0, 0.05) is 18.1 Å². The molecule has 0 spiro atoms. The van der Waals surface area contributed by atoms with E-state index < -0.39 is 4.92 Å². The van der Waals surface area contributed by atoms with Gasteiger partial charge in [-0.3, -0.25) is 14.9 Å². The Kier molecular flexibility index (Phi) is 4.43. The molecule has 0 aromatic heterocycles. The van der Waals surface area contributed by atoms with Crippen LogP contribution in [0.1, 0.15) is 12.5 Å². The number of benzene rings is 1. The molecule has 0 radical (unpaired) electrons. The number of Topliss-reactive ketones (excluding diaryl/α,β-unsaturated/α-hetero) is 1. The molecule has 0 unspecified atom stereocenters. The van der Waals surface area contributed by atoms with Crippen molar-refractivity contribution in [2.75, 3.05) is 5.88 Å². The normalized spacial score (nSPS) is 12.1. The first-order valence-corrected chi connectivity index (χ1v) is 5.40. The number of hydrogen-bond donors (Lipinski definition) is 0. The summed E-state index contributed by atoms with van der Waals surface area (Å²) in [6.07, 6.45) is 0.559. The highest BCUT2D eigenvalue weighted by Gasteiger charge is 2.13. The fraction of sp³-hybridized carbons (Fsp3) is 0.364. The fourth-order valence-corrected chi connectivity index (χ4v) is 1.62. The molecule has 0 heterocycles. The summed E-state index contributed by atoms with van der Waals surface area (Å²) in [7, 11) is 0. The van der Waals surface area contributed by atoms with Crippen LogP contribution in [0.25, 0.3) is 0 Å². The van der Waals surface area contributed by atoms with Crippen molar-refractivity contribution in [2.24, 2.45) is 5.92 Å². The van der Waals surface area contributed by atoms with Crippen molar-refractivity contribution in [2.45, 2.75) is 13.3 Å². The van der Waals surface area contributed by atoms with Gasteiger partial charge >= 0.3 is 0 Å². The van der Waals surface area contributed by atoms with Crippen LogP contribution in [0.15, 0.2) is 24.3 Å². The average molecular weight is 242 g/mol. The lowest BCUT2D eigenvalue weighted by Gasteiger charge is -2.07. The second kappa shape index (κ2) is 5.61. The summed E-state index contributed by atoms with van der Waals surface area (Å²) >= 11 is 5.44. The predicted octanol–water partition coefficient (Wildman–Crippen LogP) is 2.58. The van der Waals surface area contributed by atoms with Crippen LogP contribution < -0.4 is 0 Å². The standard InChI is InChI=1S/C11H12ClNO3/c1-8(11(14)7-12)6-9-2-4-10(5-3-9)13(15)16/h2-5,8H,6-7H2,1H3/t8-/m0/s1. The van der Waals surface area contributed by atoms with Crippen molar-refractivity contribution < 1.29 is 9.72 Å². The Bertz CT molecular complexity index is 389. The maximum Gasteiger partial charge on any atom is 0.269 e. The maximum atomic E-state index is 11.3. The molecule has 86 valence electrons. The van der Waals surface area contributed by atoms with Crippen molar-refractivity contribution in [3.8, 4) is 0 Å². The van der Waals surface area contributed by atoms with E-state index in [2.05, 4.69) is 0 Å². The Hall–Kier alpha value is -1.42. The summed E-state index contributed by atoms with van der Waals surface area (Å²) in [6, 6.07) is 6.20. The molecule has 0 aliphatic heterocycles.